The van der Waals surface area contributed by atoms with Gasteiger partial charge in [0.25, 0.3) is 23.4 Å². The fourth-order valence-electron chi connectivity index (χ4n) is 5.00. The summed E-state index contributed by atoms with van der Waals surface area (Å²) in [5.41, 5.74) is -5.09. The third-order valence-electron chi connectivity index (χ3n) is 6.76. The first-order valence-corrected chi connectivity index (χ1v) is 11.4. The first kappa shape index (κ1) is 26.9. The molecule has 0 spiro atoms. The molecule has 2 aromatic heterocycles. The highest BCUT2D eigenvalue weighted by Gasteiger charge is 2.58. The van der Waals surface area contributed by atoms with Crippen LogP contribution in [0.1, 0.15) is 31.7 Å². The number of fused-ring (bicyclic) bond motifs is 2. The molecule has 2 aliphatic carbocycles. The summed E-state index contributed by atoms with van der Waals surface area (Å²) in [4.78, 5) is 38.5. The minimum Gasteiger partial charge on any atom is -0.388 e. The number of hydrogen-bond donors (Lipinski definition) is 1. The summed E-state index contributed by atoms with van der Waals surface area (Å²) in [5.74, 6) is -7.44. The number of nitrogens with one attached hydrogen (secondary N) is 1. The molecule has 2 bridgehead atoms. The van der Waals surface area contributed by atoms with Gasteiger partial charge in [0.2, 0.25) is 5.88 Å². The zero-order valence-electron chi connectivity index (χ0n) is 19.1. The molecule has 4 rings (SSSR count). The largest absolute Gasteiger partial charge is 0.574 e. The lowest BCUT2D eigenvalue weighted by Gasteiger charge is -2.41. The summed E-state index contributed by atoms with van der Waals surface area (Å²) in [6, 6.07) is 1.08. The molecule has 2 saturated carbocycles. The molecule has 0 radical (unpaired) electrons. The summed E-state index contributed by atoms with van der Waals surface area (Å²) < 4.78 is 83.6. The molecule has 0 aromatic carbocycles. The van der Waals surface area contributed by atoms with E-state index in [-0.39, 0.29) is 24.1 Å². The standard InChI is InChI=1S/C22H20ClF6N5O3/c1-20(13-7-30-10-31-8-13,19(36)33-15-5-12-4-11(15)6-21(12,25)26)34(18(35)17(23)24)14-2-3-16(32-9-14)37-22(27,28)29/h2-3,7-12,15,17H,4-6H2,1H3,(H,33,36)/t11?,12?,15-,17+,20+/m1/s1. The maximum absolute atomic E-state index is 14.2. The van der Waals surface area contributed by atoms with E-state index in [1.165, 1.54) is 19.3 Å². The molecule has 5 atom stereocenters. The molecular weight excluding hydrogens is 532 g/mol. The Labute approximate surface area is 211 Å². The second-order valence-electron chi connectivity index (χ2n) is 9.05. The van der Waals surface area contributed by atoms with Gasteiger partial charge in [0.15, 0.2) is 5.54 Å². The number of amides is 2. The molecule has 2 aliphatic rings. The van der Waals surface area contributed by atoms with Crippen LogP contribution >= 0.6 is 11.6 Å². The van der Waals surface area contributed by atoms with Crippen molar-refractivity contribution in [1.29, 1.82) is 0 Å². The fourth-order valence-corrected chi connectivity index (χ4v) is 5.09. The number of nitrogens with zero attached hydrogens (tertiary/aromatic N) is 4. The first-order valence-electron chi connectivity index (χ1n) is 11.0. The lowest BCUT2D eigenvalue weighted by Crippen LogP contribution is -2.60. The van der Waals surface area contributed by atoms with Crippen LogP contribution in [0, 0.1) is 11.8 Å². The minimum atomic E-state index is -5.04. The van der Waals surface area contributed by atoms with Crippen LogP contribution in [-0.2, 0) is 15.1 Å². The second-order valence-corrected chi connectivity index (χ2v) is 9.43. The zero-order chi connectivity index (χ0) is 27.2. The number of alkyl halides is 7. The number of ether oxygens (including phenoxy) is 1. The maximum atomic E-state index is 14.2. The quantitative estimate of drug-likeness (QED) is 0.411. The smallest absolute Gasteiger partial charge is 0.388 e. The average molecular weight is 552 g/mol. The van der Waals surface area contributed by atoms with Crippen LogP contribution in [0.4, 0.5) is 32.0 Å². The van der Waals surface area contributed by atoms with Gasteiger partial charge in [-0.25, -0.2) is 28.1 Å². The normalized spacial score (nSPS) is 24.7. The van der Waals surface area contributed by atoms with Gasteiger partial charge in [0.05, 0.1) is 11.9 Å². The van der Waals surface area contributed by atoms with Crippen LogP contribution in [0.3, 0.4) is 0 Å². The third kappa shape index (κ3) is 5.29. The molecule has 0 saturated heterocycles. The van der Waals surface area contributed by atoms with Crippen LogP contribution < -0.4 is 15.0 Å². The van der Waals surface area contributed by atoms with Crippen molar-refractivity contribution in [1.82, 2.24) is 20.3 Å². The lowest BCUT2D eigenvalue weighted by molar-refractivity contribution is -0.276. The highest BCUT2D eigenvalue weighted by atomic mass is 35.5. The highest BCUT2D eigenvalue weighted by molar-refractivity contribution is 6.32. The summed E-state index contributed by atoms with van der Waals surface area (Å²) in [6.45, 7) is 1.22. The Kier molecular flexibility index (Phi) is 6.99. The van der Waals surface area contributed by atoms with Crippen molar-refractivity contribution >= 4 is 29.1 Å². The summed E-state index contributed by atoms with van der Waals surface area (Å²) in [6.07, 6.45) is -0.972. The van der Waals surface area contributed by atoms with Gasteiger partial charge in [0.1, 0.15) is 6.33 Å². The summed E-state index contributed by atoms with van der Waals surface area (Å²) in [5, 5.41) is 2.69. The van der Waals surface area contributed by atoms with Gasteiger partial charge in [-0.2, -0.15) is 0 Å². The molecule has 2 heterocycles. The number of aromatic nitrogens is 3. The molecule has 2 amide bonds. The zero-order valence-corrected chi connectivity index (χ0v) is 19.8. The van der Waals surface area contributed by atoms with Crippen molar-refractivity contribution in [3.05, 3.63) is 42.6 Å². The van der Waals surface area contributed by atoms with Gasteiger partial charge in [-0.05, 0) is 31.7 Å². The Bertz CT molecular complexity index is 1150. The number of halogens is 7. The molecular formula is C22H20ClF6N5O3. The van der Waals surface area contributed by atoms with Crippen molar-refractivity contribution in [3.8, 4) is 5.88 Å². The van der Waals surface area contributed by atoms with Crippen molar-refractivity contribution in [2.45, 2.75) is 55.7 Å². The van der Waals surface area contributed by atoms with E-state index in [1.807, 2.05) is 0 Å². The molecule has 37 heavy (non-hydrogen) atoms. The van der Waals surface area contributed by atoms with Gasteiger partial charge in [-0.3, -0.25) is 14.5 Å². The number of hydrogen-bond acceptors (Lipinski definition) is 6. The van der Waals surface area contributed by atoms with E-state index in [4.69, 9.17) is 11.6 Å². The van der Waals surface area contributed by atoms with E-state index in [9.17, 15) is 35.9 Å². The summed E-state index contributed by atoms with van der Waals surface area (Å²) in [7, 11) is 0. The number of rotatable bonds is 7. The van der Waals surface area contributed by atoms with Crippen molar-refractivity contribution in [2.24, 2.45) is 11.8 Å². The van der Waals surface area contributed by atoms with Gasteiger partial charge in [-0.15, -0.1) is 13.2 Å². The van der Waals surface area contributed by atoms with Gasteiger partial charge >= 0.3 is 6.36 Å². The molecule has 8 nitrogen and oxygen atoms in total. The first-order chi connectivity index (χ1) is 17.2. The Hall–Kier alpha value is -3.16. The highest BCUT2D eigenvalue weighted by Crippen LogP contribution is 2.53. The molecule has 2 aromatic rings. The average Bonchev–Trinajstić information content (AvgIpc) is 3.35. The predicted octanol–water partition coefficient (Wildman–Crippen LogP) is 4.10. The molecule has 1 N–H and O–H groups in total. The molecule has 200 valence electrons. The monoisotopic (exact) mass is 551 g/mol. The topological polar surface area (TPSA) is 97.3 Å². The SMILES string of the molecule is C[C@@](C(=O)N[C@@H]1CC2CC1CC2(F)F)(c1cncnc1)N(C(=O)[C@H](F)Cl)c1ccc(OC(F)(F)F)nc1. The molecule has 2 fully saturated rings. The van der Waals surface area contributed by atoms with Gasteiger partial charge in [0, 0.05) is 42.4 Å². The lowest BCUT2D eigenvalue weighted by atomic mass is 9.87. The predicted molar refractivity (Wildman–Crippen MR) is 116 cm³/mol. The van der Waals surface area contributed by atoms with Crippen LogP contribution in [0.2, 0.25) is 0 Å². The van der Waals surface area contributed by atoms with Crippen LogP contribution in [0.15, 0.2) is 37.1 Å². The van der Waals surface area contributed by atoms with Crippen LogP contribution in [-0.4, -0.2) is 50.7 Å². The van der Waals surface area contributed by atoms with E-state index >= 15 is 0 Å². The molecule has 0 aliphatic heterocycles. The van der Waals surface area contributed by atoms with Crippen molar-refractivity contribution in [2.75, 3.05) is 4.90 Å². The number of carbonyl (C=O) groups excluding carboxylic acids is 2. The Balaban J connectivity index is 1.73. The van der Waals surface area contributed by atoms with E-state index in [0.29, 0.717) is 4.90 Å². The van der Waals surface area contributed by atoms with E-state index < -0.39 is 65.4 Å². The van der Waals surface area contributed by atoms with E-state index in [0.717, 1.165) is 24.7 Å². The van der Waals surface area contributed by atoms with Crippen molar-refractivity contribution in [3.63, 3.8) is 0 Å². The number of carbonyl (C=O) groups is 2. The second kappa shape index (κ2) is 9.62. The number of pyridine rings is 1. The number of anilines is 1. The molecule has 15 heteroatoms. The van der Waals surface area contributed by atoms with Crippen LogP contribution in [0.5, 0.6) is 5.88 Å². The summed E-state index contributed by atoms with van der Waals surface area (Å²) >= 11 is 5.44. The Morgan fingerprint density at radius 3 is 2.35 bits per heavy atom. The maximum Gasteiger partial charge on any atom is 0.574 e. The van der Waals surface area contributed by atoms with E-state index in [1.54, 1.807) is 0 Å². The molecule has 2 unspecified atom stereocenters. The van der Waals surface area contributed by atoms with Crippen molar-refractivity contribution < 1.29 is 40.7 Å². The van der Waals surface area contributed by atoms with Crippen LogP contribution in [0.25, 0.3) is 0 Å². The van der Waals surface area contributed by atoms with E-state index in [2.05, 4.69) is 25.0 Å². The third-order valence-corrected chi connectivity index (χ3v) is 6.95. The van der Waals surface area contributed by atoms with Gasteiger partial charge < -0.3 is 10.1 Å². The Morgan fingerprint density at radius 1 is 1.19 bits per heavy atom. The fraction of sp³-hybridized carbons (Fsp3) is 0.500. The minimum absolute atomic E-state index is 0.00496. The van der Waals surface area contributed by atoms with Gasteiger partial charge in [-0.1, -0.05) is 11.6 Å². The Morgan fingerprint density at radius 2 is 1.86 bits per heavy atom.